The summed E-state index contributed by atoms with van der Waals surface area (Å²) in [4.78, 5) is 11.7. The fourth-order valence-electron chi connectivity index (χ4n) is 2.62. The van der Waals surface area contributed by atoms with Crippen molar-refractivity contribution < 1.29 is 19.6 Å². The highest BCUT2D eigenvalue weighted by atomic mass is 16.5. The van der Waals surface area contributed by atoms with Gasteiger partial charge in [0.15, 0.2) is 0 Å². The van der Waals surface area contributed by atoms with Crippen LogP contribution in [0, 0.1) is 0 Å². The molecular formula is C14H16BN3O4. The normalized spacial score (nSPS) is 13.6. The van der Waals surface area contributed by atoms with E-state index < -0.39 is 13.1 Å². The maximum Gasteiger partial charge on any atom is 0.522 e. The molecule has 0 saturated carbocycles. The van der Waals surface area contributed by atoms with Gasteiger partial charge in [0.1, 0.15) is 17.0 Å². The SMILES string of the molecule is CCCn1cc(-c2ccc3c(c2C(=O)O)OB(O)CC3)nn1. The van der Waals surface area contributed by atoms with E-state index in [9.17, 15) is 14.9 Å². The number of nitrogens with zero attached hydrogens (tertiary/aromatic N) is 3. The highest BCUT2D eigenvalue weighted by Crippen LogP contribution is 2.36. The second-order valence-electron chi connectivity index (χ2n) is 5.26. The predicted octanol–water partition coefficient (Wildman–Crippen LogP) is 1.47. The molecule has 0 saturated heterocycles. The van der Waals surface area contributed by atoms with Gasteiger partial charge in [0.05, 0.1) is 6.20 Å². The minimum atomic E-state index is -1.11. The number of benzene rings is 1. The Morgan fingerprint density at radius 1 is 1.50 bits per heavy atom. The first kappa shape index (κ1) is 14.6. The molecule has 0 bridgehead atoms. The molecule has 2 aromatic rings. The second-order valence-corrected chi connectivity index (χ2v) is 5.26. The maximum absolute atomic E-state index is 11.7. The van der Waals surface area contributed by atoms with Crippen LogP contribution in [0.25, 0.3) is 11.3 Å². The molecule has 0 atom stereocenters. The lowest BCUT2D eigenvalue weighted by Crippen LogP contribution is -2.28. The molecule has 3 rings (SSSR count). The van der Waals surface area contributed by atoms with Crippen molar-refractivity contribution in [1.29, 1.82) is 0 Å². The Morgan fingerprint density at radius 2 is 2.32 bits per heavy atom. The molecule has 0 aliphatic carbocycles. The van der Waals surface area contributed by atoms with Crippen LogP contribution in [-0.4, -0.2) is 38.2 Å². The van der Waals surface area contributed by atoms with Crippen LogP contribution >= 0.6 is 0 Å². The lowest BCUT2D eigenvalue weighted by atomic mass is 9.78. The molecule has 2 heterocycles. The first-order valence-corrected chi connectivity index (χ1v) is 7.24. The van der Waals surface area contributed by atoms with Crippen molar-refractivity contribution in [1.82, 2.24) is 15.0 Å². The van der Waals surface area contributed by atoms with E-state index in [-0.39, 0.29) is 11.3 Å². The monoisotopic (exact) mass is 301 g/mol. The van der Waals surface area contributed by atoms with Crippen molar-refractivity contribution in [2.24, 2.45) is 0 Å². The van der Waals surface area contributed by atoms with E-state index in [1.807, 2.05) is 13.0 Å². The van der Waals surface area contributed by atoms with E-state index in [4.69, 9.17) is 4.65 Å². The summed E-state index contributed by atoms with van der Waals surface area (Å²) in [5.41, 5.74) is 1.74. The maximum atomic E-state index is 11.7. The average molecular weight is 301 g/mol. The van der Waals surface area contributed by atoms with Crippen molar-refractivity contribution in [3.8, 4) is 17.0 Å². The van der Waals surface area contributed by atoms with Crippen molar-refractivity contribution in [3.05, 3.63) is 29.5 Å². The van der Waals surface area contributed by atoms with Gasteiger partial charge in [-0.25, -0.2) is 4.79 Å². The quantitative estimate of drug-likeness (QED) is 0.830. The summed E-state index contributed by atoms with van der Waals surface area (Å²) < 4.78 is 7.04. The van der Waals surface area contributed by atoms with Gasteiger partial charge in [-0.2, -0.15) is 0 Å². The third kappa shape index (κ3) is 2.57. The van der Waals surface area contributed by atoms with Crippen LogP contribution in [0.5, 0.6) is 5.75 Å². The number of carboxylic acid groups (broad SMARTS) is 1. The summed E-state index contributed by atoms with van der Waals surface area (Å²) in [5.74, 6) is -0.875. The summed E-state index contributed by atoms with van der Waals surface area (Å²) in [6.07, 6.45) is 3.67. The highest BCUT2D eigenvalue weighted by molar-refractivity contribution is 6.44. The number of aromatic carboxylic acids is 1. The molecule has 1 aromatic heterocycles. The number of aryl methyl sites for hydroxylation is 2. The molecule has 0 unspecified atom stereocenters. The van der Waals surface area contributed by atoms with Crippen LogP contribution < -0.4 is 4.65 Å². The van der Waals surface area contributed by atoms with E-state index >= 15 is 0 Å². The molecule has 114 valence electrons. The van der Waals surface area contributed by atoms with Gasteiger partial charge in [-0.15, -0.1) is 5.10 Å². The molecule has 0 amide bonds. The summed E-state index contributed by atoms with van der Waals surface area (Å²) in [5, 5.41) is 27.3. The standard InChI is InChI=1S/C14H16BN3O4/c1-2-7-18-8-11(16-17-18)10-4-3-9-5-6-15(21)22-13(9)12(10)14(19)20/h3-4,8,21H,2,5-7H2,1H3,(H,19,20). The molecule has 22 heavy (non-hydrogen) atoms. The summed E-state index contributed by atoms with van der Waals surface area (Å²) in [6.45, 7) is 2.74. The number of hydrogen-bond acceptors (Lipinski definition) is 5. The molecule has 1 aliphatic heterocycles. The lowest BCUT2D eigenvalue weighted by Gasteiger charge is -2.22. The number of fused-ring (bicyclic) bond motifs is 1. The summed E-state index contributed by atoms with van der Waals surface area (Å²) in [6, 6.07) is 3.55. The lowest BCUT2D eigenvalue weighted by molar-refractivity contribution is 0.0695. The van der Waals surface area contributed by atoms with E-state index in [0.717, 1.165) is 18.5 Å². The van der Waals surface area contributed by atoms with Crippen molar-refractivity contribution in [2.75, 3.05) is 0 Å². The van der Waals surface area contributed by atoms with Gasteiger partial charge in [-0.1, -0.05) is 24.3 Å². The van der Waals surface area contributed by atoms with E-state index in [2.05, 4.69) is 10.3 Å². The fraction of sp³-hybridized carbons (Fsp3) is 0.357. The zero-order valence-corrected chi connectivity index (χ0v) is 12.2. The van der Waals surface area contributed by atoms with Gasteiger partial charge in [0.2, 0.25) is 0 Å². The third-order valence-corrected chi connectivity index (χ3v) is 3.63. The number of carbonyl (C=O) groups is 1. The molecule has 2 N–H and O–H groups in total. The Hall–Kier alpha value is -2.35. The van der Waals surface area contributed by atoms with Crippen LogP contribution in [-0.2, 0) is 13.0 Å². The fourth-order valence-corrected chi connectivity index (χ4v) is 2.62. The largest absolute Gasteiger partial charge is 0.535 e. The Kier molecular flexibility index (Phi) is 3.85. The van der Waals surface area contributed by atoms with Gasteiger partial charge in [0.25, 0.3) is 0 Å². The van der Waals surface area contributed by atoms with E-state index in [0.29, 0.717) is 24.0 Å². The van der Waals surface area contributed by atoms with Crippen LogP contribution in [0.15, 0.2) is 18.3 Å². The van der Waals surface area contributed by atoms with Gasteiger partial charge < -0.3 is 14.8 Å². The zero-order valence-electron chi connectivity index (χ0n) is 12.2. The van der Waals surface area contributed by atoms with Crippen LogP contribution in [0.4, 0.5) is 0 Å². The minimum absolute atomic E-state index is 0.0276. The van der Waals surface area contributed by atoms with Gasteiger partial charge in [0, 0.05) is 12.1 Å². The van der Waals surface area contributed by atoms with Crippen LogP contribution in [0.2, 0.25) is 6.32 Å². The van der Waals surface area contributed by atoms with Crippen molar-refractivity contribution in [3.63, 3.8) is 0 Å². The Morgan fingerprint density at radius 3 is 3.05 bits per heavy atom. The summed E-state index contributed by atoms with van der Waals surface area (Å²) in [7, 11) is -0.975. The topological polar surface area (TPSA) is 97.5 Å². The highest BCUT2D eigenvalue weighted by Gasteiger charge is 2.30. The Bertz CT molecular complexity index is 716. The minimum Gasteiger partial charge on any atom is -0.535 e. The number of carboxylic acids is 1. The molecule has 0 spiro atoms. The first-order chi connectivity index (χ1) is 10.6. The molecular weight excluding hydrogens is 285 g/mol. The number of hydrogen-bond donors (Lipinski definition) is 2. The zero-order chi connectivity index (χ0) is 15.7. The van der Waals surface area contributed by atoms with Gasteiger partial charge in [-0.05, 0) is 24.7 Å². The van der Waals surface area contributed by atoms with E-state index in [1.54, 1.807) is 16.9 Å². The second kappa shape index (κ2) is 5.80. The van der Waals surface area contributed by atoms with Crippen LogP contribution in [0.3, 0.4) is 0 Å². The molecule has 7 nitrogen and oxygen atoms in total. The molecule has 8 heteroatoms. The molecule has 1 aliphatic rings. The third-order valence-electron chi connectivity index (χ3n) is 3.63. The Labute approximate surface area is 127 Å². The molecule has 0 fully saturated rings. The predicted molar refractivity (Wildman–Crippen MR) is 79.8 cm³/mol. The van der Waals surface area contributed by atoms with Crippen molar-refractivity contribution in [2.45, 2.75) is 32.6 Å². The number of rotatable bonds is 4. The average Bonchev–Trinajstić information content (AvgIpc) is 2.94. The van der Waals surface area contributed by atoms with E-state index in [1.165, 1.54) is 0 Å². The number of aromatic nitrogens is 3. The first-order valence-electron chi connectivity index (χ1n) is 7.24. The van der Waals surface area contributed by atoms with Crippen molar-refractivity contribution >= 4 is 13.1 Å². The summed E-state index contributed by atoms with van der Waals surface area (Å²) >= 11 is 0. The smallest absolute Gasteiger partial charge is 0.522 e. The van der Waals surface area contributed by atoms with Gasteiger partial charge >= 0.3 is 13.1 Å². The molecule has 0 radical (unpaired) electrons. The molecule has 1 aromatic carbocycles. The van der Waals surface area contributed by atoms with Crippen LogP contribution in [0.1, 0.15) is 29.3 Å². The Balaban J connectivity index is 2.10. The van der Waals surface area contributed by atoms with Gasteiger partial charge in [-0.3, -0.25) is 4.68 Å².